The van der Waals surface area contributed by atoms with Gasteiger partial charge in [0.05, 0.1) is 35.6 Å². The molecular weight excluding hydrogens is 1140 g/mol. The number of unbranched alkanes of at least 4 members (excludes halogenated alkanes) is 8. The first-order chi connectivity index (χ1) is 43.5. The monoisotopic (exact) mass is 1250 g/mol. The Kier molecular flexibility index (Phi) is 21.7. The minimum Gasteiger partial charge on any atom is -0.508 e. The summed E-state index contributed by atoms with van der Waals surface area (Å²) in [7, 11) is -4.47. The van der Waals surface area contributed by atoms with E-state index in [9.17, 15) is 20.1 Å². The molecule has 0 amide bonds. The molecule has 6 atom stereocenters. The van der Waals surface area contributed by atoms with Crippen molar-refractivity contribution < 1.29 is 51.7 Å². The molecule has 0 radical (unpaired) electrons. The van der Waals surface area contributed by atoms with Gasteiger partial charge in [-0.05, 0) is 177 Å². The Morgan fingerprint density at radius 3 is 1.01 bits per heavy atom. The molecule has 4 unspecified atom stereocenters. The van der Waals surface area contributed by atoms with Crippen molar-refractivity contribution in [3.8, 4) is 46.0 Å². The van der Waals surface area contributed by atoms with Crippen LogP contribution in [0.5, 0.6) is 46.0 Å². The van der Waals surface area contributed by atoms with Gasteiger partial charge < -0.3 is 38.5 Å². The van der Waals surface area contributed by atoms with Crippen LogP contribution in [-0.2, 0) is 14.9 Å². The highest BCUT2D eigenvalue weighted by Gasteiger charge is 2.65. The molecule has 494 valence electrons. The van der Waals surface area contributed by atoms with Crippen LogP contribution < -0.4 is 23.1 Å². The summed E-state index contributed by atoms with van der Waals surface area (Å²) in [5.74, 6) is 1.01. The lowest BCUT2D eigenvalue weighted by molar-refractivity contribution is -0.128. The standard InChI is InChI=1S/C78H110O11S/c1-7-11-15-35-56-60-42-63(71(46-68(60)79)85-52-27-19-20-28-52)57(36-16-12-8-2)62-44-65(73(48-70(62)81)87-54-31-23-24-32-54)59(38-18-14-10-4)67-45-66(58(37-17-13-9-3)61-43-64(56)72(47-69(61)80)86-53-29-21-22-30-53)74(88-55-33-25-26-34-55)49-75(67)89-90(83,84)50-78-40-39-51(41-76(78)82)77(78,5)6/h42-49,51-59,79-81H,7-41,50H2,1-6H3/t51-,56?,57?,58?,59?,78-/m1/s1. The van der Waals surface area contributed by atoms with Crippen molar-refractivity contribution in [1.29, 1.82) is 0 Å². The van der Waals surface area contributed by atoms with Crippen LogP contribution in [0.3, 0.4) is 0 Å². The van der Waals surface area contributed by atoms with E-state index in [2.05, 4.69) is 65.8 Å². The number of phenolic OH excluding ortho intramolecular Hbond substituents is 3. The first kappa shape index (κ1) is 66.4. The average molecular weight is 1260 g/mol. The van der Waals surface area contributed by atoms with E-state index in [-0.39, 0.29) is 65.0 Å². The third-order valence-electron chi connectivity index (χ3n) is 23.2. The van der Waals surface area contributed by atoms with E-state index in [1.54, 1.807) is 0 Å². The molecule has 6 saturated carbocycles. The zero-order valence-corrected chi connectivity index (χ0v) is 56.6. The predicted octanol–water partition coefficient (Wildman–Crippen LogP) is 20.4. The number of hydrogen-bond donors (Lipinski definition) is 3. The minimum atomic E-state index is -4.47. The highest BCUT2D eigenvalue weighted by atomic mass is 32.2. The fourth-order valence-electron chi connectivity index (χ4n) is 17.7. The summed E-state index contributed by atoms with van der Waals surface area (Å²) in [5.41, 5.74) is 4.92. The topological polar surface area (TPSA) is 158 Å². The number of fused-ring (bicyclic) bond motifs is 10. The van der Waals surface area contributed by atoms with Gasteiger partial charge >= 0.3 is 10.1 Å². The van der Waals surface area contributed by atoms with Gasteiger partial charge in [-0.1, -0.05) is 119 Å². The van der Waals surface area contributed by atoms with E-state index in [1.165, 1.54) is 0 Å². The van der Waals surface area contributed by atoms with E-state index >= 15 is 8.42 Å². The highest BCUT2D eigenvalue weighted by molar-refractivity contribution is 7.87. The molecular formula is C78H110O11S. The maximum Gasteiger partial charge on any atom is 0.310 e. The maximum absolute atomic E-state index is 15.6. The molecule has 0 heterocycles. The van der Waals surface area contributed by atoms with Crippen LogP contribution in [0.2, 0.25) is 0 Å². The lowest BCUT2D eigenvalue weighted by Crippen LogP contribution is -2.43. The fraction of sp³-hybridized carbons (Fsp3) is 0.679. The fourth-order valence-corrected chi connectivity index (χ4v) is 19.5. The summed E-state index contributed by atoms with van der Waals surface area (Å²) in [6, 6.07) is 16.3. The van der Waals surface area contributed by atoms with Crippen LogP contribution in [0.25, 0.3) is 0 Å². The molecule has 6 fully saturated rings. The molecule has 0 spiro atoms. The van der Waals surface area contributed by atoms with Gasteiger partial charge in [-0.3, -0.25) is 4.79 Å². The van der Waals surface area contributed by atoms with Crippen molar-refractivity contribution in [2.24, 2.45) is 16.7 Å². The van der Waals surface area contributed by atoms with Crippen LogP contribution in [-0.4, -0.2) is 59.7 Å². The van der Waals surface area contributed by atoms with Crippen molar-refractivity contribution in [3.63, 3.8) is 0 Å². The van der Waals surface area contributed by atoms with Gasteiger partial charge in [-0.2, -0.15) is 8.42 Å². The lowest BCUT2D eigenvalue weighted by Gasteiger charge is -2.36. The minimum absolute atomic E-state index is 0.0140. The molecule has 7 aliphatic carbocycles. The third-order valence-corrected chi connectivity index (χ3v) is 24.5. The van der Waals surface area contributed by atoms with E-state index in [4.69, 9.17) is 23.1 Å². The Hall–Kier alpha value is -5.10. The molecule has 0 aliphatic heterocycles. The van der Waals surface area contributed by atoms with Crippen molar-refractivity contribution in [3.05, 3.63) is 93.0 Å². The molecule has 12 heteroatoms. The number of hydrogen-bond acceptors (Lipinski definition) is 11. The summed E-state index contributed by atoms with van der Waals surface area (Å²) in [4.78, 5) is 14.2. The van der Waals surface area contributed by atoms with Gasteiger partial charge in [-0.15, -0.1) is 0 Å². The molecule has 4 aromatic carbocycles. The summed E-state index contributed by atoms with van der Waals surface area (Å²) in [5, 5.41) is 39.3. The molecule has 90 heavy (non-hydrogen) atoms. The SMILES string of the molecule is CCCCCC1c2cc(c(OC3CCCC3)cc2O)C(CCCCC)c2cc(c(OC3CCCC3)cc2O)C(CCCCC)c2cc(c(OC3CCCC3)cc2OS(=O)(=O)C[C@]23CC[C@H](CC2=O)C3(C)C)C(CCCCC)c2cc1c(OC1CCCC1)cc2O. The van der Waals surface area contributed by atoms with Gasteiger partial charge in [0.25, 0.3) is 0 Å². The normalized spacial score (nSPS) is 24.6. The molecule has 4 aromatic rings. The van der Waals surface area contributed by atoms with Gasteiger partial charge in [0.1, 0.15) is 51.8 Å². The van der Waals surface area contributed by atoms with Crippen molar-refractivity contribution in [1.82, 2.24) is 0 Å². The number of ether oxygens (including phenoxy) is 4. The maximum atomic E-state index is 15.6. The van der Waals surface area contributed by atoms with Gasteiger partial charge in [-0.25, -0.2) is 0 Å². The summed E-state index contributed by atoms with van der Waals surface area (Å²) < 4.78 is 67.0. The Morgan fingerprint density at radius 2 is 0.711 bits per heavy atom. The van der Waals surface area contributed by atoms with E-state index in [1.807, 2.05) is 24.3 Å². The first-order valence-electron chi connectivity index (χ1n) is 36.4. The van der Waals surface area contributed by atoms with Gasteiger partial charge in [0.2, 0.25) is 0 Å². The quantitative estimate of drug-likeness (QED) is 0.0367. The largest absolute Gasteiger partial charge is 0.508 e. The van der Waals surface area contributed by atoms with Crippen LogP contribution in [0.1, 0.15) is 334 Å². The second-order valence-electron chi connectivity index (χ2n) is 29.5. The number of rotatable bonds is 28. The van der Waals surface area contributed by atoms with Gasteiger partial charge in [0.15, 0.2) is 0 Å². The Morgan fingerprint density at radius 1 is 0.411 bits per heavy atom. The number of Topliss-reactive ketones (excluding diaryl/α,β-unsaturated/α-hetero) is 1. The van der Waals surface area contributed by atoms with Crippen molar-refractivity contribution >= 4 is 15.9 Å². The first-order valence-corrected chi connectivity index (χ1v) is 38.0. The molecule has 3 N–H and O–H groups in total. The number of carbonyl (C=O) groups is 1. The number of aromatic hydroxyl groups is 3. The van der Waals surface area contributed by atoms with E-state index in [0.717, 1.165) is 225 Å². The Bertz CT molecular complexity index is 3190. The van der Waals surface area contributed by atoms with Crippen LogP contribution in [0.15, 0.2) is 48.5 Å². The van der Waals surface area contributed by atoms with Gasteiger partial charge in [0, 0.05) is 98.9 Å². The smallest absolute Gasteiger partial charge is 0.310 e. The molecule has 0 aromatic heterocycles. The third kappa shape index (κ3) is 14.3. The summed E-state index contributed by atoms with van der Waals surface area (Å²) >= 11 is 0. The molecule has 10 bridgehead atoms. The van der Waals surface area contributed by atoms with Crippen molar-refractivity contribution in [2.75, 3.05) is 5.75 Å². The Balaban J connectivity index is 1.25. The number of carbonyl (C=O) groups excluding carboxylic acids is 1. The van der Waals surface area contributed by atoms with E-state index < -0.39 is 44.5 Å². The van der Waals surface area contributed by atoms with Crippen molar-refractivity contribution in [2.45, 2.75) is 314 Å². The Labute approximate surface area is 540 Å². The van der Waals surface area contributed by atoms with E-state index in [0.29, 0.717) is 67.1 Å². The zero-order chi connectivity index (χ0) is 63.2. The second kappa shape index (κ2) is 29.5. The molecule has 11 rings (SSSR count). The zero-order valence-electron chi connectivity index (χ0n) is 55.8. The number of benzene rings is 4. The summed E-state index contributed by atoms with van der Waals surface area (Å²) in [6.07, 6.45) is 30.9. The number of phenols is 3. The molecule has 7 aliphatic rings. The molecule has 11 nitrogen and oxygen atoms in total. The second-order valence-corrected chi connectivity index (χ2v) is 31.1. The van der Waals surface area contributed by atoms with Crippen LogP contribution >= 0.6 is 0 Å². The summed E-state index contributed by atoms with van der Waals surface area (Å²) in [6.45, 7) is 13.0. The number of ketones is 1. The average Bonchev–Trinajstić information content (AvgIpc) is 1.48. The lowest BCUT2D eigenvalue weighted by atomic mass is 9.70. The highest BCUT2D eigenvalue weighted by Crippen LogP contribution is 2.65. The molecule has 0 saturated heterocycles. The van der Waals surface area contributed by atoms with Crippen LogP contribution in [0.4, 0.5) is 0 Å². The van der Waals surface area contributed by atoms with Crippen LogP contribution in [0, 0.1) is 16.7 Å². The predicted molar refractivity (Wildman–Crippen MR) is 359 cm³/mol.